The molecular formula is C12H19FN4O2. The maximum atomic E-state index is 14.4. The molecule has 2 rings (SSSR count). The van der Waals surface area contributed by atoms with E-state index in [0.717, 1.165) is 0 Å². The summed E-state index contributed by atoms with van der Waals surface area (Å²) in [7, 11) is 0. The van der Waals surface area contributed by atoms with Gasteiger partial charge in [-0.1, -0.05) is 5.16 Å². The van der Waals surface area contributed by atoms with Gasteiger partial charge < -0.3 is 9.84 Å². The summed E-state index contributed by atoms with van der Waals surface area (Å²) in [4.78, 5) is 17.0. The molecule has 6 nitrogen and oxygen atoms in total. The third kappa shape index (κ3) is 3.99. The van der Waals surface area contributed by atoms with Crippen LogP contribution in [-0.2, 0) is 11.3 Å². The molecule has 0 aliphatic carbocycles. The number of hydrogen-bond acceptors (Lipinski definition) is 5. The quantitative estimate of drug-likeness (QED) is 0.877. The fourth-order valence-electron chi connectivity index (χ4n) is 2.18. The Balaban J connectivity index is 1.80. The van der Waals surface area contributed by atoms with Gasteiger partial charge in [0, 0.05) is 26.9 Å². The zero-order valence-electron chi connectivity index (χ0n) is 11.3. The Bertz CT molecular complexity index is 441. The van der Waals surface area contributed by atoms with Crippen molar-refractivity contribution in [3.8, 4) is 0 Å². The van der Waals surface area contributed by atoms with Gasteiger partial charge in [0.05, 0.1) is 13.1 Å². The Morgan fingerprint density at radius 1 is 1.53 bits per heavy atom. The van der Waals surface area contributed by atoms with Gasteiger partial charge in [0.15, 0.2) is 5.82 Å². The number of nitrogens with one attached hydrogen (secondary N) is 1. The minimum Gasteiger partial charge on any atom is -0.353 e. The summed E-state index contributed by atoms with van der Waals surface area (Å²) in [5, 5.41) is 6.38. The van der Waals surface area contributed by atoms with Crippen LogP contribution in [0.2, 0.25) is 0 Å². The van der Waals surface area contributed by atoms with Crippen molar-refractivity contribution in [3.63, 3.8) is 0 Å². The highest BCUT2D eigenvalue weighted by Crippen LogP contribution is 2.26. The van der Waals surface area contributed by atoms with E-state index in [0.29, 0.717) is 44.2 Å². The van der Waals surface area contributed by atoms with Crippen molar-refractivity contribution in [1.29, 1.82) is 0 Å². The zero-order valence-corrected chi connectivity index (χ0v) is 11.3. The fraction of sp³-hybridized carbons (Fsp3) is 0.750. The number of aryl methyl sites for hydroxylation is 1. The van der Waals surface area contributed by atoms with Crippen molar-refractivity contribution in [2.75, 3.05) is 19.6 Å². The highest BCUT2D eigenvalue weighted by atomic mass is 19.1. The van der Waals surface area contributed by atoms with E-state index in [4.69, 9.17) is 4.52 Å². The number of rotatable bonds is 4. The Morgan fingerprint density at radius 3 is 2.74 bits per heavy atom. The number of alkyl halides is 1. The van der Waals surface area contributed by atoms with Crippen molar-refractivity contribution >= 4 is 5.91 Å². The maximum Gasteiger partial charge on any atom is 0.223 e. The minimum absolute atomic E-state index is 0.0947. The lowest BCUT2D eigenvalue weighted by Gasteiger charge is -2.35. The zero-order chi connectivity index (χ0) is 13.9. The molecule has 19 heavy (non-hydrogen) atoms. The van der Waals surface area contributed by atoms with Gasteiger partial charge in [-0.2, -0.15) is 4.98 Å². The summed E-state index contributed by atoms with van der Waals surface area (Å²) < 4.78 is 19.3. The summed E-state index contributed by atoms with van der Waals surface area (Å²) in [5.41, 5.74) is -1.30. The number of hydrogen-bond donors (Lipinski definition) is 1. The molecule has 7 heteroatoms. The van der Waals surface area contributed by atoms with E-state index in [-0.39, 0.29) is 12.5 Å². The largest absolute Gasteiger partial charge is 0.353 e. The third-order valence-electron chi connectivity index (χ3n) is 3.34. The van der Waals surface area contributed by atoms with Gasteiger partial charge >= 0.3 is 0 Å². The maximum absolute atomic E-state index is 14.4. The fourth-order valence-corrected chi connectivity index (χ4v) is 2.18. The van der Waals surface area contributed by atoms with Crippen LogP contribution in [0.4, 0.5) is 4.39 Å². The molecule has 0 aromatic carbocycles. The van der Waals surface area contributed by atoms with Gasteiger partial charge in [0.2, 0.25) is 11.8 Å². The van der Waals surface area contributed by atoms with Crippen LogP contribution in [0.25, 0.3) is 0 Å². The van der Waals surface area contributed by atoms with Crippen LogP contribution < -0.4 is 5.32 Å². The van der Waals surface area contributed by atoms with Crippen molar-refractivity contribution in [3.05, 3.63) is 11.7 Å². The van der Waals surface area contributed by atoms with E-state index in [1.807, 2.05) is 0 Å². The second-order valence-corrected chi connectivity index (χ2v) is 5.07. The van der Waals surface area contributed by atoms with E-state index in [2.05, 4.69) is 20.4 Å². The average Bonchev–Trinajstić information content (AvgIpc) is 2.76. The van der Waals surface area contributed by atoms with Crippen LogP contribution in [0.15, 0.2) is 4.52 Å². The van der Waals surface area contributed by atoms with Gasteiger partial charge in [-0.15, -0.1) is 0 Å². The number of piperidine rings is 1. The molecule has 1 amide bonds. The molecule has 1 aromatic rings. The molecule has 1 aromatic heterocycles. The Labute approximate surface area is 111 Å². The van der Waals surface area contributed by atoms with Gasteiger partial charge in [0.1, 0.15) is 5.67 Å². The van der Waals surface area contributed by atoms with Gasteiger partial charge in [-0.25, -0.2) is 4.39 Å². The lowest BCUT2D eigenvalue weighted by atomic mass is 9.93. The first-order valence-electron chi connectivity index (χ1n) is 6.42. The summed E-state index contributed by atoms with van der Waals surface area (Å²) in [6.07, 6.45) is 0.814. The highest BCUT2D eigenvalue weighted by molar-refractivity contribution is 5.72. The van der Waals surface area contributed by atoms with Gasteiger partial charge in [0.25, 0.3) is 0 Å². The molecule has 0 saturated carbocycles. The molecule has 1 N–H and O–H groups in total. The topological polar surface area (TPSA) is 71.3 Å². The van der Waals surface area contributed by atoms with Crippen LogP contribution in [0.3, 0.4) is 0 Å². The lowest BCUT2D eigenvalue weighted by molar-refractivity contribution is -0.119. The molecule has 1 fully saturated rings. The first-order chi connectivity index (χ1) is 8.97. The van der Waals surface area contributed by atoms with Crippen molar-refractivity contribution in [2.24, 2.45) is 0 Å². The molecule has 0 bridgehead atoms. The third-order valence-corrected chi connectivity index (χ3v) is 3.34. The molecular weight excluding hydrogens is 251 g/mol. The summed E-state index contributed by atoms with van der Waals surface area (Å²) in [6.45, 7) is 5.07. The van der Waals surface area contributed by atoms with Crippen LogP contribution in [0.1, 0.15) is 31.5 Å². The second kappa shape index (κ2) is 5.64. The van der Waals surface area contributed by atoms with E-state index < -0.39 is 5.67 Å². The van der Waals surface area contributed by atoms with Crippen molar-refractivity contribution in [2.45, 2.75) is 38.9 Å². The summed E-state index contributed by atoms with van der Waals surface area (Å²) in [6, 6.07) is 0. The molecule has 0 atom stereocenters. The Kier molecular flexibility index (Phi) is 4.14. The van der Waals surface area contributed by atoms with Crippen molar-refractivity contribution in [1.82, 2.24) is 20.4 Å². The average molecular weight is 270 g/mol. The predicted octanol–water partition coefficient (Wildman–Crippen LogP) is 0.818. The summed E-state index contributed by atoms with van der Waals surface area (Å²) >= 11 is 0. The van der Waals surface area contributed by atoms with Crippen LogP contribution in [0, 0.1) is 6.92 Å². The van der Waals surface area contributed by atoms with Gasteiger partial charge in [-0.05, 0) is 12.8 Å². The van der Waals surface area contributed by atoms with E-state index >= 15 is 0 Å². The molecule has 1 aliphatic rings. The first kappa shape index (κ1) is 13.9. The molecule has 1 aliphatic heterocycles. The van der Waals surface area contributed by atoms with Gasteiger partial charge in [-0.3, -0.25) is 9.69 Å². The smallest absolute Gasteiger partial charge is 0.223 e. The number of likely N-dealkylation sites (tertiary alicyclic amines) is 1. The van der Waals surface area contributed by atoms with Crippen molar-refractivity contribution < 1.29 is 13.7 Å². The molecule has 0 radical (unpaired) electrons. The number of carbonyl (C=O) groups excluding carboxylic acids is 1. The van der Waals surface area contributed by atoms with E-state index in [9.17, 15) is 9.18 Å². The Hall–Kier alpha value is -1.50. The second-order valence-electron chi connectivity index (χ2n) is 5.07. The monoisotopic (exact) mass is 270 g/mol. The normalized spacial score (nSPS) is 19.3. The number of amides is 1. The van der Waals surface area contributed by atoms with E-state index in [1.165, 1.54) is 6.92 Å². The number of carbonyl (C=O) groups is 1. The van der Waals surface area contributed by atoms with Crippen LogP contribution in [0.5, 0.6) is 0 Å². The van der Waals surface area contributed by atoms with Crippen LogP contribution in [-0.4, -0.2) is 46.3 Å². The Morgan fingerprint density at radius 2 is 2.21 bits per heavy atom. The predicted molar refractivity (Wildman–Crippen MR) is 66.1 cm³/mol. The minimum atomic E-state index is -1.30. The number of nitrogens with zero attached hydrogens (tertiary/aromatic N) is 3. The number of halogens is 1. The highest BCUT2D eigenvalue weighted by Gasteiger charge is 2.34. The molecule has 0 unspecified atom stereocenters. The summed E-state index contributed by atoms with van der Waals surface area (Å²) in [5.74, 6) is 0.977. The first-order valence-corrected chi connectivity index (χ1v) is 6.42. The lowest BCUT2D eigenvalue weighted by Crippen LogP contribution is -2.47. The molecule has 1 saturated heterocycles. The number of aromatic nitrogens is 2. The molecule has 0 spiro atoms. The van der Waals surface area contributed by atoms with E-state index in [1.54, 1.807) is 6.92 Å². The van der Waals surface area contributed by atoms with Crippen LogP contribution >= 0.6 is 0 Å². The molecule has 2 heterocycles. The SMILES string of the molecule is CC(=O)NCC1(F)CCN(Cc2noc(C)n2)CC1. The molecule has 106 valence electrons. The standard InChI is InChI=1S/C12H19FN4O2/c1-9(18)14-8-12(13)3-5-17(6-4-12)7-11-15-10(2)19-16-11/h3-8H2,1-2H3,(H,14,18).